The number of nitrogens with zero attached hydrogens (tertiary/aromatic N) is 3. The third-order valence-corrected chi connectivity index (χ3v) is 6.45. The van der Waals surface area contributed by atoms with Gasteiger partial charge in [-0.3, -0.25) is 9.59 Å². The number of rotatable bonds is 7. The Balaban J connectivity index is 1.61. The molecule has 1 aliphatic heterocycles. The van der Waals surface area contributed by atoms with E-state index < -0.39 is 5.92 Å². The van der Waals surface area contributed by atoms with Gasteiger partial charge in [-0.05, 0) is 31.0 Å². The Morgan fingerprint density at radius 2 is 2.22 bits per heavy atom. The molecule has 1 N–H and O–H groups in total. The van der Waals surface area contributed by atoms with E-state index >= 15 is 0 Å². The summed E-state index contributed by atoms with van der Waals surface area (Å²) in [5.74, 6) is 0.157. The van der Waals surface area contributed by atoms with Gasteiger partial charge in [-0.2, -0.15) is 0 Å². The second-order valence-electron chi connectivity index (χ2n) is 6.33. The van der Waals surface area contributed by atoms with Crippen molar-refractivity contribution in [1.29, 1.82) is 0 Å². The zero-order chi connectivity index (χ0) is 19.4. The molecule has 1 aliphatic rings. The number of aromatic nitrogens is 2. The molecule has 0 radical (unpaired) electrons. The number of carbonyl (C=O) groups is 2. The summed E-state index contributed by atoms with van der Waals surface area (Å²) in [6.07, 6.45) is 0.202. The van der Waals surface area contributed by atoms with Crippen LogP contribution in [0.25, 0.3) is 0 Å². The molecular weight excluding hydrogens is 384 g/mol. The average Bonchev–Trinajstić information content (AvgIpc) is 3.24. The topological polar surface area (TPSA) is 84.4 Å². The second kappa shape index (κ2) is 8.81. The molecule has 9 heteroatoms. The van der Waals surface area contributed by atoms with Crippen LogP contribution < -0.4 is 10.2 Å². The predicted octanol–water partition coefficient (Wildman–Crippen LogP) is 2.89. The fourth-order valence-electron chi connectivity index (χ4n) is 2.88. The van der Waals surface area contributed by atoms with E-state index in [0.717, 1.165) is 26.9 Å². The summed E-state index contributed by atoms with van der Waals surface area (Å²) < 4.78 is 5.78. The number of methoxy groups -OCH3 is 1. The summed E-state index contributed by atoms with van der Waals surface area (Å²) in [5, 5.41) is 11.3. The molecular formula is C18H22N4O3S2. The van der Waals surface area contributed by atoms with Crippen LogP contribution in [-0.4, -0.2) is 48.0 Å². The number of amides is 2. The van der Waals surface area contributed by atoms with Crippen LogP contribution in [-0.2, 0) is 14.3 Å². The summed E-state index contributed by atoms with van der Waals surface area (Å²) in [6, 6.07) is 5.87. The van der Waals surface area contributed by atoms with E-state index in [-0.39, 0.29) is 18.2 Å². The number of hydrogen-bond donors (Lipinski definition) is 1. The number of hydrogen-bond acceptors (Lipinski definition) is 7. The third kappa shape index (κ3) is 4.66. The van der Waals surface area contributed by atoms with Crippen LogP contribution in [0.15, 0.2) is 22.5 Å². The number of aryl methyl sites for hydroxylation is 1. The summed E-state index contributed by atoms with van der Waals surface area (Å²) in [6.45, 7) is 5.02. The van der Waals surface area contributed by atoms with Gasteiger partial charge in [0.1, 0.15) is 0 Å². The second-order valence-corrected chi connectivity index (χ2v) is 8.65. The van der Waals surface area contributed by atoms with Crippen molar-refractivity contribution in [3.05, 3.63) is 29.3 Å². The minimum Gasteiger partial charge on any atom is -0.384 e. The first-order valence-electron chi connectivity index (χ1n) is 8.62. The van der Waals surface area contributed by atoms with Gasteiger partial charge in [0.15, 0.2) is 4.34 Å². The van der Waals surface area contributed by atoms with Crippen LogP contribution in [0, 0.1) is 19.8 Å². The minimum absolute atomic E-state index is 0.0306. The van der Waals surface area contributed by atoms with Crippen LogP contribution in [0.4, 0.5) is 10.8 Å². The first-order valence-corrected chi connectivity index (χ1v) is 10.4. The molecule has 1 fully saturated rings. The van der Waals surface area contributed by atoms with Gasteiger partial charge >= 0.3 is 0 Å². The lowest BCUT2D eigenvalue weighted by Crippen LogP contribution is -2.28. The van der Waals surface area contributed by atoms with E-state index in [4.69, 9.17) is 4.74 Å². The van der Waals surface area contributed by atoms with E-state index in [2.05, 4.69) is 15.5 Å². The molecule has 0 saturated carbocycles. The quantitative estimate of drug-likeness (QED) is 0.432. The van der Waals surface area contributed by atoms with Crippen molar-refractivity contribution >= 4 is 45.7 Å². The number of carbonyl (C=O) groups excluding carboxylic acids is 2. The average molecular weight is 407 g/mol. The Kier molecular flexibility index (Phi) is 6.46. The van der Waals surface area contributed by atoms with Crippen molar-refractivity contribution < 1.29 is 14.3 Å². The van der Waals surface area contributed by atoms with Gasteiger partial charge in [-0.25, -0.2) is 0 Å². The monoisotopic (exact) mass is 406 g/mol. The van der Waals surface area contributed by atoms with Crippen LogP contribution in [0.5, 0.6) is 0 Å². The standard InChI is InChI=1S/C18H22N4O3S2/c1-11-5-4-6-14(12(11)2)22-10-13(9-15(22)23)16(24)19-17-20-21-18(27-17)26-8-7-25-3/h4-6,13H,7-10H2,1-3H3,(H,19,20,24)/t13-/m1/s1. The first kappa shape index (κ1) is 19.8. The van der Waals surface area contributed by atoms with Crippen molar-refractivity contribution in [3.63, 3.8) is 0 Å². The Hall–Kier alpha value is -1.97. The van der Waals surface area contributed by atoms with Gasteiger partial charge in [0, 0.05) is 31.5 Å². The molecule has 27 heavy (non-hydrogen) atoms. The zero-order valence-corrected chi connectivity index (χ0v) is 17.2. The number of benzene rings is 1. The van der Waals surface area contributed by atoms with E-state index in [0.29, 0.717) is 18.3 Å². The summed E-state index contributed by atoms with van der Waals surface area (Å²) in [7, 11) is 1.65. The van der Waals surface area contributed by atoms with Gasteiger partial charge in [0.05, 0.1) is 12.5 Å². The molecule has 1 aromatic heterocycles. The number of ether oxygens (including phenoxy) is 1. The fourth-order valence-corrected chi connectivity index (χ4v) is 4.61. The van der Waals surface area contributed by atoms with Crippen LogP contribution >= 0.6 is 23.1 Å². The van der Waals surface area contributed by atoms with Crippen molar-refractivity contribution in [1.82, 2.24) is 10.2 Å². The lowest BCUT2D eigenvalue weighted by atomic mass is 10.1. The SMILES string of the molecule is COCCSc1nnc(NC(=O)[C@@H]2CC(=O)N(c3cccc(C)c3C)C2)s1. The first-order chi connectivity index (χ1) is 13.0. The third-order valence-electron chi connectivity index (χ3n) is 4.51. The van der Waals surface area contributed by atoms with E-state index in [1.54, 1.807) is 12.0 Å². The molecule has 144 valence electrons. The fraction of sp³-hybridized carbons (Fsp3) is 0.444. The molecule has 1 aromatic carbocycles. The Morgan fingerprint density at radius 1 is 1.41 bits per heavy atom. The number of thioether (sulfide) groups is 1. The smallest absolute Gasteiger partial charge is 0.231 e. The zero-order valence-electron chi connectivity index (χ0n) is 15.5. The van der Waals surface area contributed by atoms with Crippen LogP contribution in [0.1, 0.15) is 17.5 Å². The van der Waals surface area contributed by atoms with Crippen molar-refractivity contribution in [2.45, 2.75) is 24.6 Å². The number of nitrogens with one attached hydrogen (secondary N) is 1. The molecule has 7 nitrogen and oxygen atoms in total. The Bertz CT molecular complexity index is 840. The molecule has 3 rings (SSSR count). The van der Waals surface area contributed by atoms with Gasteiger partial charge < -0.3 is 15.0 Å². The highest BCUT2D eigenvalue weighted by Crippen LogP contribution is 2.31. The summed E-state index contributed by atoms with van der Waals surface area (Å²) >= 11 is 2.86. The predicted molar refractivity (Wildman–Crippen MR) is 108 cm³/mol. The molecule has 2 heterocycles. The van der Waals surface area contributed by atoms with Crippen molar-refractivity contribution in [3.8, 4) is 0 Å². The van der Waals surface area contributed by atoms with E-state index in [1.807, 2.05) is 32.0 Å². The van der Waals surface area contributed by atoms with Gasteiger partial charge in [0.2, 0.25) is 16.9 Å². The maximum absolute atomic E-state index is 12.6. The minimum atomic E-state index is -0.397. The maximum atomic E-state index is 12.6. The maximum Gasteiger partial charge on any atom is 0.231 e. The lowest BCUT2D eigenvalue weighted by molar-refractivity contribution is -0.122. The molecule has 0 bridgehead atoms. The van der Waals surface area contributed by atoms with Crippen molar-refractivity contribution in [2.24, 2.45) is 5.92 Å². The molecule has 0 aliphatic carbocycles. The highest BCUT2D eigenvalue weighted by atomic mass is 32.2. The molecule has 1 saturated heterocycles. The van der Waals surface area contributed by atoms with E-state index in [9.17, 15) is 9.59 Å². The van der Waals surface area contributed by atoms with Gasteiger partial charge in [-0.1, -0.05) is 35.2 Å². The normalized spacial score (nSPS) is 16.8. The highest BCUT2D eigenvalue weighted by Gasteiger charge is 2.36. The van der Waals surface area contributed by atoms with Crippen molar-refractivity contribution in [2.75, 3.05) is 36.2 Å². The highest BCUT2D eigenvalue weighted by molar-refractivity contribution is 8.01. The van der Waals surface area contributed by atoms with Crippen LogP contribution in [0.2, 0.25) is 0 Å². The molecule has 0 spiro atoms. The van der Waals surface area contributed by atoms with Gasteiger partial charge in [-0.15, -0.1) is 10.2 Å². The number of anilines is 2. The molecule has 2 amide bonds. The van der Waals surface area contributed by atoms with Gasteiger partial charge in [0.25, 0.3) is 0 Å². The largest absolute Gasteiger partial charge is 0.384 e. The summed E-state index contributed by atoms with van der Waals surface area (Å²) in [4.78, 5) is 26.7. The Labute approximate surface area is 166 Å². The molecule has 1 atom stereocenters. The lowest BCUT2D eigenvalue weighted by Gasteiger charge is -2.20. The Morgan fingerprint density at radius 3 is 3.00 bits per heavy atom. The summed E-state index contributed by atoms with van der Waals surface area (Å²) in [5.41, 5.74) is 3.07. The van der Waals surface area contributed by atoms with E-state index in [1.165, 1.54) is 23.1 Å². The molecule has 0 unspecified atom stereocenters. The molecule has 2 aromatic rings. The van der Waals surface area contributed by atoms with Crippen LogP contribution in [0.3, 0.4) is 0 Å².